The summed E-state index contributed by atoms with van der Waals surface area (Å²) in [4.78, 5) is 4.39. The second-order valence-electron chi connectivity index (χ2n) is 4.46. The zero-order valence-electron chi connectivity index (χ0n) is 10.1. The van der Waals surface area contributed by atoms with Crippen molar-refractivity contribution in [3.63, 3.8) is 0 Å². The number of hydrogen-bond acceptors (Lipinski definition) is 5. The van der Waals surface area contributed by atoms with Gasteiger partial charge < -0.3 is 5.32 Å². The van der Waals surface area contributed by atoms with Gasteiger partial charge in [0.15, 0.2) is 5.17 Å². The monoisotopic (exact) mass is 264 g/mol. The highest BCUT2D eigenvalue weighted by atomic mass is 32.2. The first-order valence-electron chi connectivity index (χ1n) is 5.51. The van der Waals surface area contributed by atoms with Crippen LogP contribution < -0.4 is 5.32 Å². The Hall–Kier alpha value is -0.230. The summed E-state index contributed by atoms with van der Waals surface area (Å²) in [5.74, 6) is 0.870. The lowest BCUT2D eigenvalue weighted by Gasteiger charge is -2.12. The lowest BCUT2D eigenvalue weighted by atomic mass is 10.1. The molecule has 0 aromatic carbocycles. The van der Waals surface area contributed by atoms with Crippen LogP contribution in [-0.2, 0) is 9.84 Å². The molecule has 0 bridgehead atoms. The number of thioether (sulfide) groups is 1. The van der Waals surface area contributed by atoms with Crippen molar-refractivity contribution in [2.24, 2.45) is 10.9 Å². The van der Waals surface area contributed by atoms with Crippen LogP contribution in [0.15, 0.2) is 4.99 Å². The molecule has 0 aromatic heterocycles. The molecule has 4 nitrogen and oxygen atoms in total. The van der Waals surface area contributed by atoms with Gasteiger partial charge in [-0.1, -0.05) is 25.6 Å². The molecule has 94 valence electrons. The Balaban J connectivity index is 2.16. The number of aliphatic imine (C=N–C) groups is 1. The highest BCUT2D eigenvalue weighted by molar-refractivity contribution is 8.14. The number of hydrogen-bond donors (Lipinski definition) is 1. The van der Waals surface area contributed by atoms with Crippen molar-refractivity contribution < 1.29 is 8.42 Å². The molecule has 1 aliphatic rings. The maximum absolute atomic E-state index is 10.9. The molecular weight excluding hydrogens is 244 g/mol. The van der Waals surface area contributed by atoms with E-state index >= 15 is 0 Å². The summed E-state index contributed by atoms with van der Waals surface area (Å²) in [5.41, 5.74) is 0. The predicted octanol–water partition coefficient (Wildman–Crippen LogP) is 1.14. The topological polar surface area (TPSA) is 58.5 Å². The quantitative estimate of drug-likeness (QED) is 0.757. The van der Waals surface area contributed by atoms with Crippen molar-refractivity contribution in [2.75, 3.05) is 25.1 Å². The molecule has 1 N–H and O–H groups in total. The number of rotatable bonds is 5. The van der Waals surface area contributed by atoms with Gasteiger partial charge in [0.25, 0.3) is 0 Å². The molecule has 16 heavy (non-hydrogen) atoms. The van der Waals surface area contributed by atoms with Crippen molar-refractivity contribution in [1.29, 1.82) is 0 Å². The minimum Gasteiger partial charge on any atom is -0.365 e. The van der Waals surface area contributed by atoms with Gasteiger partial charge in [-0.15, -0.1) is 0 Å². The normalized spacial score (nSPS) is 21.2. The van der Waals surface area contributed by atoms with Gasteiger partial charge in [-0.2, -0.15) is 0 Å². The fourth-order valence-corrected chi connectivity index (χ4v) is 3.08. The molecule has 6 heteroatoms. The first-order valence-corrected chi connectivity index (χ1v) is 8.45. The number of sulfone groups is 1. The van der Waals surface area contributed by atoms with Gasteiger partial charge in [0.05, 0.1) is 12.3 Å². The Kier molecular flexibility index (Phi) is 5.11. The zero-order valence-corrected chi connectivity index (χ0v) is 11.7. The van der Waals surface area contributed by atoms with E-state index in [-0.39, 0.29) is 5.75 Å². The van der Waals surface area contributed by atoms with Gasteiger partial charge in [0.2, 0.25) is 0 Å². The highest BCUT2D eigenvalue weighted by Crippen LogP contribution is 2.25. The van der Waals surface area contributed by atoms with Crippen LogP contribution in [0.4, 0.5) is 0 Å². The lowest BCUT2D eigenvalue weighted by molar-refractivity contribution is 0.598. The molecule has 0 fully saturated rings. The van der Waals surface area contributed by atoms with E-state index in [0.717, 1.165) is 11.7 Å². The smallest absolute Gasteiger partial charge is 0.156 e. The third kappa shape index (κ3) is 5.21. The second-order valence-corrected chi connectivity index (χ2v) is 7.94. The largest absolute Gasteiger partial charge is 0.365 e. The van der Waals surface area contributed by atoms with Crippen molar-refractivity contribution in [3.05, 3.63) is 0 Å². The highest BCUT2D eigenvalue weighted by Gasteiger charge is 2.21. The van der Waals surface area contributed by atoms with Crippen LogP contribution in [0.1, 0.15) is 20.3 Å². The van der Waals surface area contributed by atoms with Gasteiger partial charge in [-0.25, -0.2) is 8.42 Å². The van der Waals surface area contributed by atoms with E-state index in [4.69, 9.17) is 0 Å². The molecule has 0 aliphatic carbocycles. The average Bonchev–Trinajstić information content (AvgIpc) is 2.59. The predicted molar refractivity (Wildman–Crippen MR) is 70.8 cm³/mol. The van der Waals surface area contributed by atoms with E-state index < -0.39 is 9.84 Å². The van der Waals surface area contributed by atoms with Crippen molar-refractivity contribution in [3.8, 4) is 0 Å². The van der Waals surface area contributed by atoms with E-state index in [0.29, 0.717) is 24.1 Å². The molecule has 1 atom stereocenters. The first-order chi connectivity index (χ1) is 7.38. The van der Waals surface area contributed by atoms with Crippen LogP contribution in [0.25, 0.3) is 0 Å². The van der Waals surface area contributed by atoms with Crippen molar-refractivity contribution in [1.82, 2.24) is 5.32 Å². The molecule has 1 rings (SSSR count). The molecule has 1 unspecified atom stereocenters. The van der Waals surface area contributed by atoms with Crippen LogP contribution in [0.3, 0.4) is 0 Å². The van der Waals surface area contributed by atoms with Gasteiger partial charge >= 0.3 is 0 Å². The van der Waals surface area contributed by atoms with E-state index in [1.54, 1.807) is 11.8 Å². The summed E-state index contributed by atoms with van der Waals surface area (Å²) >= 11 is 1.77. The Morgan fingerprint density at radius 3 is 2.75 bits per heavy atom. The minimum atomic E-state index is -2.83. The minimum absolute atomic E-state index is 0.242. The van der Waals surface area contributed by atoms with Crippen LogP contribution in [0.2, 0.25) is 0 Å². The van der Waals surface area contributed by atoms with E-state index in [2.05, 4.69) is 24.2 Å². The maximum Gasteiger partial charge on any atom is 0.156 e. The Labute approximate surface area is 102 Å². The van der Waals surface area contributed by atoms with Gasteiger partial charge in [0, 0.05) is 18.1 Å². The Bertz CT molecular complexity index is 350. The fourth-order valence-electron chi connectivity index (χ4n) is 1.36. The van der Waals surface area contributed by atoms with E-state index in [1.807, 2.05) is 0 Å². The van der Waals surface area contributed by atoms with E-state index in [9.17, 15) is 8.42 Å². The number of nitrogens with one attached hydrogen (secondary N) is 1. The fraction of sp³-hybridized carbons (Fsp3) is 0.900. The maximum atomic E-state index is 10.9. The number of amidine groups is 1. The zero-order chi connectivity index (χ0) is 12.2. The third-order valence-electron chi connectivity index (χ3n) is 2.39. The molecule has 0 radical (unpaired) electrons. The first kappa shape index (κ1) is 13.8. The number of nitrogens with zero attached hydrogens (tertiary/aromatic N) is 1. The summed E-state index contributed by atoms with van der Waals surface area (Å²) < 4.78 is 21.8. The summed E-state index contributed by atoms with van der Waals surface area (Å²) in [6.45, 7) is 5.94. The molecule has 0 spiro atoms. The van der Waals surface area contributed by atoms with Crippen LogP contribution in [0.5, 0.6) is 0 Å². The molecule has 0 amide bonds. The molecule has 1 heterocycles. The van der Waals surface area contributed by atoms with Gasteiger partial charge in [-0.3, -0.25) is 4.99 Å². The van der Waals surface area contributed by atoms with Gasteiger partial charge in [0.1, 0.15) is 9.84 Å². The van der Waals surface area contributed by atoms with E-state index in [1.165, 1.54) is 6.26 Å². The summed E-state index contributed by atoms with van der Waals surface area (Å²) in [6, 6.07) is 0. The van der Waals surface area contributed by atoms with Crippen molar-refractivity contribution in [2.45, 2.75) is 25.5 Å². The average molecular weight is 264 g/mol. The SMILES string of the molecule is CC(C)C1CN=C(NCCCS(C)(=O)=O)S1. The lowest BCUT2D eigenvalue weighted by Crippen LogP contribution is -2.23. The second kappa shape index (κ2) is 5.91. The molecule has 0 saturated heterocycles. The van der Waals surface area contributed by atoms with Crippen LogP contribution >= 0.6 is 11.8 Å². The summed E-state index contributed by atoms with van der Waals surface area (Å²) in [6.07, 6.45) is 1.91. The standard InChI is InChI=1S/C10H20N2O2S2/c1-8(2)9-7-12-10(15-9)11-5-4-6-16(3,13)14/h8-9H,4-7H2,1-3H3,(H,11,12). The Morgan fingerprint density at radius 1 is 1.56 bits per heavy atom. The Morgan fingerprint density at radius 2 is 2.25 bits per heavy atom. The molecule has 0 saturated carbocycles. The van der Waals surface area contributed by atoms with Crippen LogP contribution in [0, 0.1) is 5.92 Å². The molecule has 0 aromatic rings. The summed E-state index contributed by atoms with van der Waals surface area (Å²) in [7, 11) is -2.83. The molecule has 1 aliphatic heterocycles. The third-order valence-corrected chi connectivity index (χ3v) is 4.91. The van der Waals surface area contributed by atoms with Crippen molar-refractivity contribution >= 4 is 26.8 Å². The molecular formula is C10H20N2O2S2. The van der Waals surface area contributed by atoms with Crippen LogP contribution in [-0.4, -0.2) is 43.9 Å². The van der Waals surface area contributed by atoms with Gasteiger partial charge in [-0.05, 0) is 12.3 Å². The summed E-state index contributed by atoms with van der Waals surface area (Å²) in [5, 5.41) is 4.72.